The lowest BCUT2D eigenvalue weighted by atomic mass is 10.2. The lowest BCUT2D eigenvalue weighted by molar-refractivity contribution is -0.131. The number of carbonyl (C=O) groups is 1. The molecule has 28 heavy (non-hydrogen) atoms. The maximum Gasteiger partial charge on any atom is 0.261 e. The zero-order chi connectivity index (χ0) is 19.5. The van der Waals surface area contributed by atoms with Crippen molar-refractivity contribution in [3.63, 3.8) is 0 Å². The molecule has 4 rings (SSSR count). The van der Waals surface area contributed by atoms with Crippen LogP contribution in [0.2, 0.25) is 0 Å². The summed E-state index contributed by atoms with van der Waals surface area (Å²) in [6.07, 6.45) is 1.76. The Kier molecular flexibility index (Phi) is 5.06. The highest BCUT2D eigenvalue weighted by Crippen LogP contribution is 2.17. The third kappa shape index (κ3) is 3.74. The summed E-state index contributed by atoms with van der Waals surface area (Å²) < 4.78 is 14.6. The minimum Gasteiger partial charge on any atom is -0.368 e. The molecule has 1 amide bonds. The van der Waals surface area contributed by atoms with Gasteiger partial charge in [-0.3, -0.25) is 14.2 Å². The Labute approximate surface area is 161 Å². The van der Waals surface area contributed by atoms with E-state index in [0.29, 0.717) is 43.6 Å². The van der Waals surface area contributed by atoms with Crippen LogP contribution in [-0.4, -0.2) is 46.5 Å². The third-order valence-corrected chi connectivity index (χ3v) is 5.12. The molecule has 0 N–H and O–H groups in total. The summed E-state index contributed by atoms with van der Waals surface area (Å²) in [6, 6.07) is 13.6. The molecule has 0 radical (unpaired) electrons. The number of aryl methyl sites for hydroxylation is 1. The van der Waals surface area contributed by atoms with Crippen molar-refractivity contribution in [2.75, 3.05) is 31.1 Å². The minimum absolute atomic E-state index is 0.0267. The maximum atomic E-state index is 13.1. The fraction of sp³-hybridized carbons (Fsp3) is 0.286. The van der Waals surface area contributed by atoms with E-state index < -0.39 is 0 Å². The Morgan fingerprint density at radius 1 is 1.00 bits per heavy atom. The van der Waals surface area contributed by atoms with E-state index >= 15 is 0 Å². The summed E-state index contributed by atoms with van der Waals surface area (Å²) in [7, 11) is 0. The van der Waals surface area contributed by atoms with Gasteiger partial charge in [0.05, 0.1) is 17.2 Å². The number of benzene rings is 2. The summed E-state index contributed by atoms with van der Waals surface area (Å²) in [5, 5.41) is 0.561. The molecule has 0 unspecified atom stereocenters. The summed E-state index contributed by atoms with van der Waals surface area (Å²) in [5.74, 6) is -0.227. The lowest BCUT2D eigenvalue weighted by Crippen LogP contribution is -2.49. The predicted molar refractivity (Wildman–Crippen MR) is 106 cm³/mol. The molecule has 1 aliphatic rings. The smallest absolute Gasteiger partial charge is 0.261 e. The van der Waals surface area contributed by atoms with Crippen molar-refractivity contribution in [3.05, 3.63) is 71.0 Å². The third-order valence-electron chi connectivity index (χ3n) is 5.12. The van der Waals surface area contributed by atoms with Crippen LogP contribution in [0.4, 0.5) is 10.1 Å². The van der Waals surface area contributed by atoms with Gasteiger partial charge in [0.1, 0.15) is 5.82 Å². The van der Waals surface area contributed by atoms with E-state index in [1.165, 1.54) is 23.0 Å². The first kappa shape index (κ1) is 18.2. The number of halogens is 1. The Hall–Kier alpha value is -3.22. The number of aromatic nitrogens is 2. The van der Waals surface area contributed by atoms with Crippen LogP contribution in [0.5, 0.6) is 0 Å². The number of piperazine rings is 1. The molecule has 1 aliphatic heterocycles. The quantitative estimate of drug-likeness (QED) is 0.697. The van der Waals surface area contributed by atoms with Crippen molar-refractivity contribution in [1.82, 2.24) is 14.5 Å². The van der Waals surface area contributed by atoms with Crippen molar-refractivity contribution in [1.29, 1.82) is 0 Å². The summed E-state index contributed by atoms with van der Waals surface area (Å²) in [6.45, 7) is 2.94. The van der Waals surface area contributed by atoms with Crippen molar-refractivity contribution in [2.45, 2.75) is 13.0 Å². The average Bonchev–Trinajstić information content (AvgIpc) is 2.74. The molecule has 6 nitrogen and oxygen atoms in total. The second kappa shape index (κ2) is 7.80. The zero-order valence-electron chi connectivity index (χ0n) is 15.4. The Morgan fingerprint density at radius 2 is 1.71 bits per heavy atom. The molecule has 0 atom stereocenters. The monoisotopic (exact) mass is 380 g/mol. The van der Waals surface area contributed by atoms with E-state index in [4.69, 9.17) is 0 Å². The fourth-order valence-corrected chi connectivity index (χ4v) is 3.51. The second-order valence-corrected chi connectivity index (χ2v) is 6.85. The molecular weight excluding hydrogens is 359 g/mol. The molecule has 0 aliphatic carbocycles. The number of nitrogens with zero attached hydrogens (tertiary/aromatic N) is 4. The summed E-state index contributed by atoms with van der Waals surface area (Å²) in [5.41, 5.74) is 1.49. The largest absolute Gasteiger partial charge is 0.368 e. The molecule has 1 saturated heterocycles. The molecular formula is C21H21FN4O2. The molecule has 0 bridgehead atoms. The van der Waals surface area contributed by atoms with Crippen molar-refractivity contribution >= 4 is 22.5 Å². The SMILES string of the molecule is O=C(CCn1cnc2ccccc2c1=O)N1CCN(c2ccc(F)cc2)CC1. The highest BCUT2D eigenvalue weighted by molar-refractivity contribution is 5.78. The Bertz CT molecular complexity index is 1040. The van der Waals surface area contributed by atoms with Crippen molar-refractivity contribution in [2.24, 2.45) is 0 Å². The first-order valence-electron chi connectivity index (χ1n) is 9.34. The molecule has 3 aromatic rings. The van der Waals surface area contributed by atoms with E-state index in [-0.39, 0.29) is 23.7 Å². The van der Waals surface area contributed by atoms with Crippen LogP contribution in [0.15, 0.2) is 59.7 Å². The molecule has 2 aromatic carbocycles. The second-order valence-electron chi connectivity index (χ2n) is 6.85. The number of fused-ring (bicyclic) bond motifs is 1. The van der Waals surface area contributed by atoms with Gasteiger partial charge in [0.2, 0.25) is 5.91 Å². The number of para-hydroxylation sites is 1. The number of carbonyl (C=O) groups excluding carboxylic acids is 1. The van der Waals surface area contributed by atoms with E-state index in [9.17, 15) is 14.0 Å². The summed E-state index contributed by atoms with van der Waals surface area (Å²) >= 11 is 0. The van der Waals surface area contributed by atoms with Gasteiger partial charge in [0.15, 0.2) is 0 Å². The Balaban J connectivity index is 1.34. The molecule has 1 fully saturated rings. The highest BCUT2D eigenvalue weighted by atomic mass is 19.1. The number of amides is 1. The fourth-order valence-electron chi connectivity index (χ4n) is 3.51. The van der Waals surface area contributed by atoms with E-state index in [1.807, 2.05) is 17.0 Å². The van der Waals surface area contributed by atoms with Gasteiger partial charge < -0.3 is 9.80 Å². The number of hydrogen-bond donors (Lipinski definition) is 0. The molecule has 2 heterocycles. The van der Waals surface area contributed by atoms with Gasteiger partial charge >= 0.3 is 0 Å². The number of rotatable bonds is 4. The number of hydrogen-bond acceptors (Lipinski definition) is 4. The molecule has 7 heteroatoms. The first-order chi connectivity index (χ1) is 13.6. The van der Waals surface area contributed by atoms with E-state index in [0.717, 1.165) is 5.69 Å². The van der Waals surface area contributed by atoms with Gasteiger partial charge in [-0.15, -0.1) is 0 Å². The highest BCUT2D eigenvalue weighted by Gasteiger charge is 2.21. The van der Waals surface area contributed by atoms with Gasteiger partial charge in [-0.1, -0.05) is 12.1 Å². The summed E-state index contributed by atoms with van der Waals surface area (Å²) in [4.78, 5) is 33.3. The van der Waals surface area contributed by atoms with Crippen molar-refractivity contribution < 1.29 is 9.18 Å². The number of anilines is 1. The Morgan fingerprint density at radius 3 is 2.46 bits per heavy atom. The van der Waals surface area contributed by atoms with Crippen LogP contribution < -0.4 is 10.5 Å². The standard InChI is InChI=1S/C21H21FN4O2/c22-16-5-7-17(8-6-16)24-11-13-25(14-12-24)20(27)9-10-26-15-23-19-4-2-1-3-18(19)21(26)28/h1-8,15H,9-14H2. The maximum absolute atomic E-state index is 13.1. The van der Waals surface area contributed by atoms with Gasteiger partial charge in [-0.25, -0.2) is 9.37 Å². The van der Waals surface area contributed by atoms with Crippen LogP contribution in [-0.2, 0) is 11.3 Å². The lowest BCUT2D eigenvalue weighted by Gasteiger charge is -2.36. The molecule has 0 saturated carbocycles. The minimum atomic E-state index is -0.254. The predicted octanol–water partition coefficient (Wildman–Crippen LogP) is 2.27. The van der Waals surface area contributed by atoms with Crippen LogP contribution >= 0.6 is 0 Å². The van der Waals surface area contributed by atoms with E-state index in [1.54, 1.807) is 24.3 Å². The van der Waals surface area contributed by atoms with Crippen LogP contribution in [0.25, 0.3) is 10.9 Å². The topological polar surface area (TPSA) is 58.4 Å². The normalized spacial score (nSPS) is 14.5. The zero-order valence-corrected chi connectivity index (χ0v) is 15.4. The molecule has 144 valence electrons. The van der Waals surface area contributed by atoms with Gasteiger partial charge in [-0.2, -0.15) is 0 Å². The van der Waals surface area contributed by atoms with Gasteiger partial charge in [0.25, 0.3) is 5.56 Å². The first-order valence-corrected chi connectivity index (χ1v) is 9.34. The van der Waals surface area contributed by atoms with Crippen LogP contribution in [0.3, 0.4) is 0 Å². The molecule has 1 aromatic heterocycles. The van der Waals surface area contributed by atoms with Crippen molar-refractivity contribution in [3.8, 4) is 0 Å². The molecule has 0 spiro atoms. The van der Waals surface area contributed by atoms with Gasteiger partial charge in [0, 0.05) is 44.8 Å². The average molecular weight is 380 g/mol. The van der Waals surface area contributed by atoms with E-state index in [2.05, 4.69) is 9.88 Å². The van der Waals surface area contributed by atoms with Crippen LogP contribution in [0, 0.1) is 5.82 Å². The van der Waals surface area contributed by atoms with Crippen LogP contribution in [0.1, 0.15) is 6.42 Å². The van der Waals surface area contributed by atoms with Gasteiger partial charge in [-0.05, 0) is 36.4 Å².